The molecule has 4 heterocycles. The van der Waals surface area contributed by atoms with E-state index in [9.17, 15) is 31.1 Å². The molecular weight excluding hydrogens is 646 g/mol. The second kappa shape index (κ2) is 15.3. The Morgan fingerprint density at radius 3 is 2.21 bits per heavy atom. The van der Waals surface area contributed by atoms with Crippen molar-refractivity contribution in [2.75, 3.05) is 20.2 Å². The number of aliphatic carboxylic acids is 2. The first-order chi connectivity index (χ1) is 21.9. The van der Waals surface area contributed by atoms with Gasteiger partial charge < -0.3 is 29.6 Å². The largest absolute Gasteiger partial charge is 0.497 e. The number of fused-ring (bicyclic) bond motifs is 2. The fourth-order valence-corrected chi connectivity index (χ4v) is 4.84. The van der Waals surface area contributed by atoms with Crippen molar-refractivity contribution in [3.8, 4) is 5.75 Å². The topological polar surface area (TPSA) is 161 Å². The van der Waals surface area contributed by atoms with Gasteiger partial charge in [-0.15, -0.1) is 0 Å². The molecule has 0 radical (unpaired) electrons. The Kier molecular flexibility index (Phi) is 12.0. The number of ether oxygens (including phenoxy) is 2. The molecule has 2 aromatic heterocycles. The SMILES string of the molecule is COc1cccc(CNC(=O)C2Cn3ccnc3C3(CCN(Cc4cnn(C)c4)CC3)O2)c1.O=C(O)C(F)(F)F.O=C(O)C(F)(F)F. The monoisotopic (exact) mass is 678 g/mol. The molecule has 0 bridgehead atoms. The molecule has 1 atom stereocenters. The predicted octanol–water partition coefficient (Wildman–Crippen LogP) is 3.10. The van der Waals surface area contributed by atoms with Crippen LogP contribution in [-0.4, -0.2) is 90.9 Å². The van der Waals surface area contributed by atoms with Crippen molar-refractivity contribution in [2.45, 2.75) is 56.5 Å². The average Bonchev–Trinajstić information content (AvgIpc) is 3.66. The number of carbonyl (C=O) groups excluding carboxylic acids is 1. The number of imidazole rings is 1. The number of aryl methyl sites for hydroxylation is 1. The predicted molar refractivity (Wildman–Crippen MR) is 149 cm³/mol. The van der Waals surface area contributed by atoms with E-state index in [4.69, 9.17) is 29.3 Å². The highest BCUT2D eigenvalue weighted by Gasteiger charge is 2.47. The Labute approximate surface area is 263 Å². The van der Waals surface area contributed by atoms with Crippen molar-refractivity contribution >= 4 is 17.8 Å². The lowest BCUT2D eigenvalue weighted by Crippen LogP contribution is -2.53. The lowest BCUT2D eigenvalue weighted by Gasteiger charge is -2.45. The number of piperidine rings is 1. The van der Waals surface area contributed by atoms with Crippen LogP contribution in [0.15, 0.2) is 49.1 Å². The van der Waals surface area contributed by atoms with Gasteiger partial charge in [-0.1, -0.05) is 12.1 Å². The number of carbonyl (C=O) groups is 3. The van der Waals surface area contributed by atoms with Gasteiger partial charge in [0, 0.05) is 57.4 Å². The van der Waals surface area contributed by atoms with Gasteiger partial charge in [0.2, 0.25) is 0 Å². The summed E-state index contributed by atoms with van der Waals surface area (Å²) < 4.78 is 79.2. The summed E-state index contributed by atoms with van der Waals surface area (Å²) in [5.74, 6) is -3.91. The molecule has 1 fully saturated rings. The summed E-state index contributed by atoms with van der Waals surface area (Å²) in [6.45, 7) is 3.52. The summed E-state index contributed by atoms with van der Waals surface area (Å²) in [6, 6.07) is 7.71. The van der Waals surface area contributed by atoms with Gasteiger partial charge in [0.1, 0.15) is 17.2 Å². The summed E-state index contributed by atoms with van der Waals surface area (Å²) in [5.41, 5.74) is 1.65. The molecule has 3 aromatic rings. The zero-order chi connectivity index (χ0) is 35.0. The van der Waals surface area contributed by atoms with E-state index >= 15 is 0 Å². The Morgan fingerprint density at radius 2 is 1.68 bits per heavy atom. The molecule has 5 rings (SSSR count). The average molecular weight is 679 g/mol. The second-order valence-electron chi connectivity index (χ2n) is 10.5. The minimum Gasteiger partial charge on any atom is -0.497 e. The molecule has 19 heteroatoms. The minimum atomic E-state index is -5.08. The lowest BCUT2D eigenvalue weighted by molar-refractivity contribution is -0.193. The number of halogens is 6. The van der Waals surface area contributed by atoms with E-state index in [0.29, 0.717) is 13.1 Å². The molecule has 2 aliphatic heterocycles. The van der Waals surface area contributed by atoms with E-state index in [1.807, 2.05) is 48.4 Å². The first-order valence-corrected chi connectivity index (χ1v) is 13.8. The molecule has 1 saturated heterocycles. The molecule has 1 amide bonds. The van der Waals surface area contributed by atoms with Gasteiger partial charge in [-0.2, -0.15) is 31.4 Å². The molecule has 2 aliphatic rings. The molecule has 47 heavy (non-hydrogen) atoms. The number of methoxy groups -OCH3 is 1. The standard InChI is InChI=1S/C24H30N6O3.2C2HF3O2/c1-28-15-19(14-27-28)16-29-9-6-24(7-10-29)23-25-8-11-30(23)17-21(33-24)22(31)26-13-18-4-3-5-20(12-18)32-2;2*3-2(4,5)1(6)7/h3-5,8,11-12,14-15,21H,6-7,9-10,13,16-17H2,1-2H3,(H,26,31);2*(H,6,7). The van der Waals surface area contributed by atoms with Crippen molar-refractivity contribution in [3.63, 3.8) is 0 Å². The van der Waals surface area contributed by atoms with Crippen LogP contribution in [0.5, 0.6) is 5.75 Å². The van der Waals surface area contributed by atoms with E-state index in [1.54, 1.807) is 13.3 Å². The number of nitrogens with zero attached hydrogens (tertiary/aromatic N) is 5. The number of amides is 1. The highest BCUT2D eigenvalue weighted by Crippen LogP contribution is 2.40. The maximum Gasteiger partial charge on any atom is 0.490 e. The number of alkyl halides is 6. The van der Waals surface area contributed by atoms with Crippen LogP contribution in [0.3, 0.4) is 0 Å². The first-order valence-electron chi connectivity index (χ1n) is 13.8. The smallest absolute Gasteiger partial charge is 0.490 e. The molecule has 13 nitrogen and oxygen atoms in total. The summed E-state index contributed by atoms with van der Waals surface area (Å²) in [7, 11) is 3.57. The number of aromatic nitrogens is 4. The zero-order valence-corrected chi connectivity index (χ0v) is 25.1. The van der Waals surface area contributed by atoms with E-state index < -0.39 is 36.0 Å². The second-order valence-corrected chi connectivity index (χ2v) is 10.5. The molecule has 258 valence electrons. The minimum absolute atomic E-state index is 0.102. The summed E-state index contributed by atoms with van der Waals surface area (Å²) in [5, 5.41) is 21.6. The van der Waals surface area contributed by atoms with Crippen molar-refractivity contribution in [2.24, 2.45) is 7.05 Å². The first kappa shape index (κ1) is 36.8. The summed E-state index contributed by atoms with van der Waals surface area (Å²) >= 11 is 0. The summed E-state index contributed by atoms with van der Waals surface area (Å²) in [4.78, 5) is 37.9. The number of carboxylic acid groups (broad SMARTS) is 2. The Hall–Kier alpha value is -4.65. The van der Waals surface area contributed by atoms with Crippen LogP contribution in [0.4, 0.5) is 26.3 Å². The van der Waals surface area contributed by atoms with Gasteiger partial charge in [0.25, 0.3) is 5.91 Å². The third-order valence-corrected chi connectivity index (χ3v) is 7.06. The van der Waals surface area contributed by atoms with Gasteiger partial charge in [0.05, 0.1) is 19.9 Å². The zero-order valence-electron chi connectivity index (χ0n) is 25.1. The van der Waals surface area contributed by atoms with E-state index in [2.05, 4.69) is 31.1 Å². The van der Waals surface area contributed by atoms with Crippen LogP contribution in [0.1, 0.15) is 29.8 Å². The molecule has 3 N–H and O–H groups in total. The van der Waals surface area contributed by atoms with Gasteiger partial charge in [0.15, 0.2) is 6.10 Å². The third-order valence-electron chi connectivity index (χ3n) is 7.06. The maximum absolute atomic E-state index is 13.1. The molecule has 0 aliphatic carbocycles. The normalized spacial score (nSPS) is 17.3. The van der Waals surface area contributed by atoms with Crippen LogP contribution in [-0.2, 0) is 51.4 Å². The number of likely N-dealkylation sites (tertiary alicyclic amines) is 1. The van der Waals surface area contributed by atoms with Gasteiger partial charge in [-0.3, -0.25) is 14.4 Å². The summed E-state index contributed by atoms with van der Waals surface area (Å²) in [6.07, 6.45) is -1.41. The van der Waals surface area contributed by atoms with E-state index in [1.165, 1.54) is 5.56 Å². The highest BCUT2D eigenvalue weighted by molar-refractivity contribution is 5.81. The fraction of sp³-hybridized carbons (Fsp3) is 0.464. The Morgan fingerprint density at radius 1 is 1.06 bits per heavy atom. The van der Waals surface area contributed by atoms with E-state index in [-0.39, 0.29) is 5.91 Å². The van der Waals surface area contributed by atoms with Gasteiger partial charge in [-0.05, 0) is 30.5 Å². The lowest BCUT2D eigenvalue weighted by atomic mass is 9.88. The number of benzene rings is 1. The van der Waals surface area contributed by atoms with Crippen molar-refractivity contribution in [1.29, 1.82) is 0 Å². The Balaban J connectivity index is 0.000000360. The van der Waals surface area contributed by atoms with Crippen LogP contribution in [0.2, 0.25) is 0 Å². The fourth-order valence-electron chi connectivity index (χ4n) is 4.84. The van der Waals surface area contributed by atoms with Gasteiger partial charge in [-0.25, -0.2) is 14.6 Å². The van der Waals surface area contributed by atoms with Crippen LogP contribution in [0.25, 0.3) is 0 Å². The maximum atomic E-state index is 13.1. The van der Waals surface area contributed by atoms with Gasteiger partial charge >= 0.3 is 24.3 Å². The number of rotatable bonds is 6. The Bertz CT molecular complexity index is 1490. The van der Waals surface area contributed by atoms with Crippen LogP contribution < -0.4 is 10.1 Å². The molecule has 1 aromatic carbocycles. The molecular formula is C28H32F6N6O7. The van der Waals surface area contributed by atoms with Crippen molar-refractivity contribution in [3.05, 3.63) is 66.0 Å². The third kappa shape index (κ3) is 10.4. The number of nitrogens with one attached hydrogen (secondary N) is 1. The van der Waals surface area contributed by atoms with Crippen molar-refractivity contribution < 1.29 is 60.4 Å². The molecule has 1 spiro atoms. The van der Waals surface area contributed by atoms with Crippen LogP contribution in [0, 0.1) is 0 Å². The number of hydrogen-bond acceptors (Lipinski definition) is 8. The highest BCUT2D eigenvalue weighted by atomic mass is 19.4. The van der Waals surface area contributed by atoms with Crippen molar-refractivity contribution in [1.82, 2.24) is 29.5 Å². The quantitative estimate of drug-likeness (QED) is 0.331. The van der Waals surface area contributed by atoms with Crippen LogP contribution >= 0.6 is 0 Å². The van der Waals surface area contributed by atoms with E-state index in [0.717, 1.165) is 49.6 Å². The number of hydrogen-bond donors (Lipinski definition) is 3. The molecule has 1 unspecified atom stereocenters. The molecule has 0 saturated carbocycles. The number of carboxylic acids is 2.